The second-order valence-electron chi connectivity index (χ2n) is 6.14. The molecule has 2 aromatic rings. The minimum Gasteiger partial charge on any atom is -0.394 e. The van der Waals surface area contributed by atoms with Gasteiger partial charge in [0.15, 0.2) is 6.29 Å². The molecule has 1 aliphatic rings. The molecule has 0 aromatic heterocycles. The molecular formula is C20H24O5. The lowest BCUT2D eigenvalue weighted by Crippen LogP contribution is -2.52. The average Bonchev–Trinajstić information content (AvgIpc) is 2.66. The second kappa shape index (κ2) is 9.08. The van der Waals surface area contributed by atoms with Crippen LogP contribution in [0.1, 0.15) is 17.5 Å². The predicted octanol–water partition coefficient (Wildman–Crippen LogP) is 2.26. The van der Waals surface area contributed by atoms with Gasteiger partial charge in [0.05, 0.1) is 25.9 Å². The number of aliphatic hydroxyl groups is 2. The third kappa shape index (κ3) is 5.11. The van der Waals surface area contributed by atoms with E-state index in [4.69, 9.17) is 14.2 Å². The van der Waals surface area contributed by atoms with Crippen molar-refractivity contribution in [2.24, 2.45) is 0 Å². The van der Waals surface area contributed by atoms with Gasteiger partial charge in [0.25, 0.3) is 0 Å². The van der Waals surface area contributed by atoms with Gasteiger partial charge in [-0.3, -0.25) is 0 Å². The van der Waals surface area contributed by atoms with Gasteiger partial charge in [0, 0.05) is 6.42 Å². The molecule has 0 aliphatic carbocycles. The molecule has 0 amide bonds. The molecule has 3 rings (SSSR count). The molecule has 134 valence electrons. The monoisotopic (exact) mass is 344 g/mol. The van der Waals surface area contributed by atoms with Gasteiger partial charge in [-0.25, -0.2) is 0 Å². The first-order valence-electron chi connectivity index (χ1n) is 8.51. The SMILES string of the molecule is OC[C@H]1OC(O)C[C@@H](OCc2ccccc2)[C@@H]1OCc1ccccc1. The lowest BCUT2D eigenvalue weighted by Gasteiger charge is -2.39. The van der Waals surface area contributed by atoms with Crippen LogP contribution in [0, 0.1) is 0 Å². The van der Waals surface area contributed by atoms with Crippen LogP contribution in [0.4, 0.5) is 0 Å². The van der Waals surface area contributed by atoms with Crippen molar-refractivity contribution in [1.29, 1.82) is 0 Å². The molecule has 1 fully saturated rings. The molecule has 1 saturated heterocycles. The van der Waals surface area contributed by atoms with Gasteiger partial charge in [-0.2, -0.15) is 0 Å². The summed E-state index contributed by atoms with van der Waals surface area (Å²) >= 11 is 0. The molecule has 0 radical (unpaired) electrons. The maximum atomic E-state index is 9.91. The Labute approximate surface area is 147 Å². The van der Waals surface area contributed by atoms with E-state index in [1.165, 1.54) is 0 Å². The zero-order chi connectivity index (χ0) is 17.5. The molecule has 5 heteroatoms. The van der Waals surface area contributed by atoms with E-state index < -0.39 is 18.5 Å². The maximum Gasteiger partial charge on any atom is 0.157 e. The van der Waals surface area contributed by atoms with Gasteiger partial charge in [-0.1, -0.05) is 60.7 Å². The Morgan fingerprint density at radius 3 is 2.00 bits per heavy atom. The van der Waals surface area contributed by atoms with Crippen molar-refractivity contribution in [3.63, 3.8) is 0 Å². The molecule has 0 spiro atoms. The quantitative estimate of drug-likeness (QED) is 0.806. The summed E-state index contributed by atoms with van der Waals surface area (Å²) in [6, 6.07) is 19.6. The van der Waals surface area contributed by atoms with Crippen LogP contribution in [0.25, 0.3) is 0 Å². The standard InChI is InChI=1S/C20H24O5/c21-12-18-20(24-14-16-9-5-2-6-10-16)17(11-19(22)25-18)23-13-15-7-3-1-4-8-15/h1-10,17-22H,11-14H2/t17-,18-,19?,20+/m1/s1. The average molecular weight is 344 g/mol. The number of aliphatic hydroxyl groups excluding tert-OH is 2. The Bertz CT molecular complexity index is 618. The number of rotatable bonds is 7. The molecular weight excluding hydrogens is 320 g/mol. The number of hydrogen-bond acceptors (Lipinski definition) is 5. The fourth-order valence-corrected chi connectivity index (χ4v) is 2.98. The smallest absolute Gasteiger partial charge is 0.157 e. The van der Waals surface area contributed by atoms with Crippen LogP contribution >= 0.6 is 0 Å². The first-order valence-corrected chi connectivity index (χ1v) is 8.51. The molecule has 2 N–H and O–H groups in total. The zero-order valence-electron chi connectivity index (χ0n) is 14.0. The van der Waals surface area contributed by atoms with Crippen molar-refractivity contribution in [3.8, 4) is 0 Å². The van der Waals surface area contributed by atoms with Gasteiger partial charge in [0.1, 0.15) is 12.2 Å². The largest absolute Gasteiger partial charge is 0.394 e. The van der Waals surface area contributed by atoms with E-state index in [-0.39, 0.29) is 12.7 Å². The summed E-state index contributed by atoms with van der Waals surface area (Å²) in [6.45, 7) is 0.579. The van der Waals surface area contributed by atoms with Crippen molar-refractivity contribution in [1.82, 2.24) is 0 Å². The summed E-state index contributed by atoms with van der Waals surface area (Å²) in [7, 11) is 0. The Morgan fingerprint density at radius 1 is 0.880 bits per heavy atom. The van der Waals surface area contributed by atoms with Crippen LogP contribution in [0.5, 0.6) is 0 Å². The third-order valence-electron chi connectivity index (χ3n) is 4.27. The lowest BCUT2D eigenvalue weighted by molar-refractivity contribution is -0.262. The van der Waals surface area contributed by atoms with Crippen LogP contribution < -0.4 is 0 Å². The summed E-state index contributed by atoms with van der Waals surface area (Å²) in [5.74, 6) is 0. The molecule has 4 atom stereocenters. The first kappa shape index (κ1) is 18.0. The van der Waals surface area contributed by atoms with E-state index in [1.54, 1.807) is 0 Å². The molecule has 25 heavy (non-hydrogen) atoms. The van der Waals surface area contributed by atoms with Crippen LogP contribution in [0.15, 0.2) is 60.7 Å². The van der Waals surface area contributed by atoms with E-state index in [0.717, 1.165) is 11.1 Å². The van der Waals surface area contributed by atoms with Gasteiger partial charge in [-0.05, 0) is 11.1 Å². The minimum atomic E-state index is -0.963. The summed E-state index contributed by atoms with van der Waals surface area (Å²) in [5, 5.41) is 19.5. The summed E-state index contributed by atoms with van der Waals surface area (Å²) in [5.41, 5.74) is 2.08. The highest BCUT2D eigenvalue weighted by molar-refractivity contribution is 5.14. The Morgan fingerprint density at radius 2 is 1.44 bits per heavy atom. The van der Waals surface area contributed by atoms with E-state index in [9.17, 15) is 10.2 Å². The van der Waals surface area contributed by atoms with E-state index in [0.29, 0.717) is 19.6 Å². The van der Waals surface area contributed by atoms with Crippen LogP contribution in [-0.4, -0.2) is 41.4 Å². The predicted molar refractivity (Wildman–Crippen MR) is 92.6 cm³/mol. The van der Waals surface area contributed by atoms with E-state index in [2.05, 4.69) is 0 Å². The second-order valence-corrected chi connectivity index (χ2v) is 6.14. The summed E-state index contributed by atoms with van der Waals surface area (Å²) in [6.07, 6.45) is -2.08. The van der Waals surface area contributed by atoms with Gasteiger partial charge >= 0.3 is 0 Å². The van der Waals surface area contributed by atoms with Crippen molar-refractivity contribution in [3.05, 3.63) is 71.8 Å². The number of hydrogen-bond donors (Lipinski definition) is 2. The molecule has 1 heterocycles. The van der Waals surface area contributed by atoms with Gasteiger partial charge < -0.3 is 24.4 Å². The molecule has 2 aromatic carbocycles. The third-order valence-corrected chi connectivity index (χ3v) is 4.27. The fraction of sp³-hybridized carbons (Fsp3) is 0.400. The lowest BCUT2D eigenvalue weighted by atomic mass is 10.0. The van der Waals surface area contributed by atoms with E-state index >= 15 is 0 Å². The summed E-state index contributed by atoms with van der Waals surface area (Å²) in [4.78, 5) is 0. The zero-order valence-corrected chi connectivity index (χ0v) is 14.0. The highest BCUT2D eigenvalue weighted by Crippen LogP contribution is 2.26. The van der Waals surface area contributed by atoms with Gasteiger partial charge in [-0.15, -0.1) is 0 Å². The van der Waals surface area contributed by atoms with E-state index in [1.807, 2.05) is 60.7 Å². The normalized spacial score (nSPS) is 26.5. The van der Waals surface area contributed by atoms with Crippen molar-refractivity contribution in [2.75, 3.05) is 6.61 Å². The Hall–Kier alpha value is -1.76. The number of ether oxygens (including phenoxy) is 3. The highest BCUT2D eigenvalue weighted by Gasteiger charge is 2.39. The molecule has 0 bridgehead atoms. The van der Waals surface area contributed by atoms with Crippen molar-refractivity contribution < 1.29 is 24.4 Å². The molecule has 5 nitrogen and oxygen atoms in total. The Kier molecular flexibility index (Phi) is 6.55. The maximum absolute atomic E-state index is 9.91. The first-order chi connectivity index (χ1) is 12.3. The van der Waals surface area contributed by atoms with Crippen molar-refractivity contribution >= 4 is 0 Å². The summed E-state index contributed by atoms with van der Waals surface area (Å²) < 4.78 is 17.4. The molecule has 1 aliphatic heterocycles. The fourth-order valence-electron chi connectivity index (χ4n) is 2.98. The molecule has 1 unspecified atom stereocenters. The minimum absolute atomic E-state index is 0.234. The highest BCUT2D eigenvalue weighted by atomic mass is 16.6. The van der Waals surface area contributed by atoms with Gasteiger partial charge in [0.2, 0.25) is 0 Å². The van der Waals surface area contributed by atoms with Crippen LogP contribution in [0.3, 0.4) is 0 Å². The topological polar surface area (TPSA) is 68.2 Å². The van der Waals surface area contributed by atoms with Crippen molar-refractivity contribution in [2.45, 2.75) is 44.2 Å². The number of benzene rings is 2. The molecule has 0 saturated carbocycles. The Balaban J connectivity index is 1.65. The van der Waals surface area contributed by atoms with Crippen LogP contribution in [0.2, 0.25) is 0 Å². The van der Waals surface area contributed by atoms with Crippen LogP contribution in [-0.2, 0) is 27.4 Å².